The molecule has 1 atom stereocenters. The molecule has 5 heteroatoms. The van der Waals surface area contributed by atoms with Crippen LogP contribution in [0.25, 0.3) is 0 Å². The summed E-state index contributed by atoms with van der Waals surface area (Å²) in [5, 5.41) is 0. The van der Waals surface area contributed by atoms with Gasteiger partial charge in [-0.15, -0.1) is 0 Å². The van der Waals surface area contributed by atoms with Gasteiger partial charge in [-0.1, -0.05) is 0 Å². The number of aromatic nitrogens is 2. The molecule has 5 nitrogen and oxygen atoms in total. The topological polar surface area (TPSA) is 72.1 Å². The van der Waals surface area contributed by atoms with E-state index in [0.29, 0.717) is 11.9 Å². The summed E-state index contributed by atoms with van der Waals surface area (Å²) in [7, 11) is 0. The van der Waals surface area contributed by atoms with Crippen molar-refractivity contribution in [2.45, 2.75) is 19.3 Å². The normalized spacial score (nSPS) is 20.6. The predicted molar refractivity (Wildman–Crippen MR) is 56.1 cm³/mol. The molecular formula is C10H14N4O. The van der Waals surface area contributed by atoms with Crippen molar-refractivity contribution in [2.75, 3.05) is 18.8 Å². The van der Waals surface area contributed by atoms with Gasteiger partial charge in [0.2, 0.25) is 11.9 Å². The van der Waals surface area contributed by atoms with Crippen molar-refractivity contribution in [1.29, 1.82) is 0 Å². The number of nitrogen functional groups attached to an aromatic ring is 1. The molecule has 15 heavy (non-hydrogen) atoms. The SMILES string of the molecule is CC(=O)N1CC[C@H](c2ccnc(N)n2)C1. The second-order valence-electron chi connectivity index (χ2n) is 3.79. The fourth-order valence-corrected chi connectivity index (χ4v) is 1.90. The molecule has 0 spiro atoms. The first-order valence-electron chi connectivity index (χ1n) is 5.01. The molecule has 0 saturated carbocycles. The molecule has 0 radical (unpaired) electrons. The summed E-state index contributed by atoms with van der Waals surface area (Å²) in [6, 6.07) is 1.87. The summed E-state index contributed by atoms with van der Waals surface area (Å²) in [5.74, 6) is 0.729. The largest absolute Gasteiger partial charge is 0.368 e. The lowest BCUT2D eigenvalue weighted by Gasteiger charge is -2.13. The zero-order chi connectivity index (χ0) is 10.8. The van der Waals surface area contributed by atoms with E-state index in [9.17, 15) is 4.79 Å². The maximum absolute atomic E-state index is 11.2. The van der Waals surface area contributed by atoms with Crippen molar-refractivity contribution in [1.82, 2.24) is 14.9 Å². The van der Waals surface area contributed by atoms with Gasteiger partial charge in [0.05, 0.1) is 5.69 Å². The van der Waals surface area contributed by atoms with Crippen LogP contribution in [0.15, 0.2) is 12.3 Å². The Balaban J connectivity index is 2.11. The molecule has 2 N–H and O–H groups in total. The van der Waals surface area contributed by atoms with Gasteiger partial charge in [0.1, 0.15) is 0 Å². The Morgan fingerprint density at radius 3 is 3.07 bits per heavy atom. The summed E-state index contributed by atoms with van der Waals surface area (Å²) in [5.41, 5.74) is 6.45. The van der Waals surface area contributed by atoms with Crippen LogP contribution in [-0.4, -0.2) is 33.9 Å². The summed E-state index contributed by atoms with van der Waals surface area (Å²) in [4.78, 5) is 21.0. The third-order valence-electron chi connectivity index (χ3n) is 2.75. The lowest BCUT2D eigenvalue weighted by molar-refractivity contribution is -0.127. The minimum absolute atomic E-state index is 0.125. The Kier molecular flexibility index (Phi) is 2.53. The van der Waals surface area contributed by atoms with Gasteiger partial charge >= 0.3 is 0 Å². The number of hydrogen-bond donors (Lipinski definition) is 1. The summed E-state index contributed by atoms with van der Waals surface area (Å²) in [6.07, 6.45) is 2.62. The van der Waals surface area contributed by atoms with Crippen LogP contribution in [0.4, 0.5) is 5.95 Å². The van der Waals surface area contributed by atoms with Gasteiger partial charge in [0.15, 0.2) is 0 Å². The number of nitrogens with zero attached hydrogens (tertiary/aromatic N) is 3. The number of rotatable bonds is 1. The Morgan fingerprint density at radius 1 is 1.67 bits per heavy atom. The van der Waals surface area contributed by atoms with E-state index >= 15 is 0 Å². The molecule has 1 aliphatic heterocycles. The van der Waals surface area contributed by atoms with Crippen molar-refractivity contribution in [3.8, 4) is 0 Å². The van der Waals surface area contributed by atoms with E-state index in [1.807, 2.05) is 11.0 Å². The Labute approximate surface area is 88.3 Å². The van der Waals surface area contributed by atoms with Gasteiger partial charge in [-0.05, 0) is 12.5 Å². The number of likely N-dealkylation sites (tertiary alicyclic amines) is 1. The summed E-state index contributed by atoms with van der Waals surface area (Å²) < 4.78 is 0. The molecule has 0 aliphatic carbocycles. The molecule has 0 aromatic carbocycles. The molecule has 0 unspecified atom stereocenters. The van der Waals surface area contributed by atoms with Crippen molar-refractivity contribution >= 4 is 11.9 Å². The lowest BCUT2D eigenvalue weighted by Crippen LogP contribution is -2.25. The highest BCUT2D eigenvalue weighted by atomic mass is 16.2. The third kappa shape index (κ3) is 2.06. The van der Waals surface area contributed by atoms with E-state index in [1.54, 1.807) is 13.1 Å². The number of carbonyl (C=O) groups is 1. The average Bonchev–Trinajstić information content (AvgIpc) is 2.66. The predicted octanol–water partition coefficient (Wildman–Crippen LogP) is 0.395. The second-order valence-corrected chi connectivity index (χ2v) is 3.79. The summed E-state index contributed by atoms with van der Waals surface area (Å²) >= 11 is 0. The maximum atomic E-state index is 11.2. The van der Waals surface area contributed by atoms with Gasteiger partial charge in [-0.2, -0.15) is 0 Å². The van der Waals surface area contributed by atoms with Crippen LogP contribution in [0, 0.1) is 0 Å². The standard InChI is InChI=1S/C10H14N4O/c1-7(15)14-5-3-8(6-14)9-2-4-12-10(11)13-9/h2,4,8H,3,5-6H2,1H3,(H2,11,12,13)/t8-/m0/s1. The molecule has 1 aliphatic rings. The van der Waals surface area contributed by atoms with Crippen molar-refractivity contribution < 1.29 is 4.79 Å². The van der Waals surface area contributed by atoms with Crippen molar-refractivity contribution in [3.63, 3.8) is 0 Å². The first-order valence-corrected chi connectivity index (χ1v) is 5.01. The van der Waals surface area contributed by atoms with Gasteiger partial charge in [-0.25, -0.2) is 9.97 Å². The van der Waals surface area contributed by atoms with E-state index in [1.165, 1.54) is 0 Å². The molecule has 80 valence electrons. The molecule has 1 aromatic heterocycles. The van der Waals surface area contributed by atoms with E-state index in [2.05, 4.69) is 9.97 Å². The molecule has 1 aromatic rings. The average molecular weight is 206 g/mol. The van der Waals surface area contributed by atoms with Crippen LogP contribution in [0.5, 0.6) is 0 Å². The smallest absolute Gasteiger partial charge is 0.220 e. The van der Waals surface area contributed by atoms with Crippen molar-refractivity contribution in [2.24, 2.45) is 0 Å². The van der Waals surface area contributed by atoms with E-state index < -0.39 is 0 Å². The number of hydrogen-bond acceptors (Lipinski definition) is 4. The van der Waals surface area contributed by atoms with Gasteiger partial charge in [0, 0.05) is 32.1 Å². The third-order valence-corrected chi connectivity index (χ3v) is 2.75. The molecule has 1 saturated heterocycles. The van der Waals surface area contributed by atoms with E-state index in [4.69, 9.17) is 5.73 Å². The second kappa shape index (κ2) is 3.84. The minimum atomic E-state index is 0.125. The van der Waals surface area contributed by atoms with Crippen LogP contribution in [0.3, 0.4) is 0 Å². The number of anilines is 1. The maximum Gasteiger partial charge on any atom is 0.220 e. The van der Waals surface area contributed by atoms with Crippen LogP contribution in [0.2, 0.25) is 0 Å². The highest BCUT2D eigenvalue weighted by Gasteiger charge is 2.26. The zero-order valence-corrected chi connectivity index (χ0v) is 8.68. The van der Waals surface area contributed by atoms with E-state index in [-0.39, 0.29) is 5.91 Å². The Bertz CT molecular complexity index is 379. The quantitative estimate of drug-likeness (QED) is 0.721. The van der Waals surface area contributed by atoms with Crippen LogP contribution in [0.1, 0.15) is 25.0 Å². The van der Waals surface area contributed by atoms with Crippen molar-refractivity contribution in [3.05, 3.63) is 18.0 Å². The number of carbonyl (C=O) groups excluding carboxylic acids is 1. The fraction of sp³-hybridized carbons (Fsp3) is 0.500. The zero-order valence-electron chi connectivity index (χ0n) is 8.68. The molecular weight excluding hydrogens is 192 g/mol. The van der Waals surface area contributed by atoms with Gasteiger partial charge in [-0.3, -0.25) is 4.79 Å². The van der Waals surface area contributed by atoms with Gasteiger partial charge < -0.3 is 10.6 Å². The highest BCUT2D eigenvalue weighted by Crippen LogP contribution is 2.25. The van der Waals surface area contributed by atoms with Crippen LogP contribution < -0.4 is 5.73 Å². The molecule has 2 heterocycles. The monoisotopic (exact) mass is 206 g/mol. The first-order chi connectivity index (χ1) is 7.16. The highest BCUT2D eigenvalue weighted by molar-refractivity contribution is 5.73. The van der Waals surface area contributed by atoms with Gasteiger partial charge in [0.25, 0.3) is 0 Å². The molecule has 1 fully saturated rings. The lowest BCUT2D eigenvalue weighted by atomic mass is 10.1. The number of nitrogens with two attached hydrogens (primary N) is 1. The van der Waals surface area contributed by atoms with Crippen LogP contribution >= 0.6 is 0 Å². The minimum Gasteiger partial charge on any atom is -0.368 e. The molecule has 1 amide bonds. The Morgan fingerprint density at radius 2 is 2.47 bits per heavy atom. The number of amides is 1. The first kappa shape index (κ1) is 9.89. The fourth-order valence-electron chi connectivity index (χ4n) is 1.90. The Hall–Kier alpha value is -1.65. The summed E-state index contributed by atoms with van der Waals surface area (Å²) in [6.45, 7) is 3.15. The molecule has 2 rings (SSSR count). The van der Waals surface area contributed by atoms with Crippen LogP contribution in [-0.2, 0) is 4.79 Å². The van der Waals surface area contributed by atoms with E-state index in [0.717, 1.165) is 25.2 Å². The molecule has 0 bridgehead atoms.